The molecule has 122 valence electrons. The Labute approximate surface area is 130 Å². The minimum atomic E-state index is 0.0814. The molecule has 0 aromatic rings. The average molecular weight is 294 g/mol. The zero-order valence-electron chi connectivity index (χ0n) is 14.2. The highest BCUT2D eigenvalue weighted by Gasteiger charge is 2.37. The van der Waals surface area contributed by atoms with Gasteiger partial charge in [-0.2, -0.15) is 0 Å². The second-order valence-electron chi connectivity index (χ2n) is 7.26. The van der Waals surface area contributed by atoms with E-state index in [1.165, 1.54) is 32.1 Å². The van der Waals surface area contributed by atoms with Crippen LogP contribution in [0.2, 0.25) is 0 Å². The van der Waals surface area contributed by atoms with Crippen LogP contribution in [0.15, 0.2) is 0 Å². The molecule has 1 saturated heterocycles. The van der Waals surface area contributed by atoms with Gasteiger partial charge < -0.3 is 4.90 Å². The van der Waals surface area contributed by atoms with E-state index in [9.17, 15) is 4.79 Å². The standard InChI is InChI=1S/C18H34N2O/c1-4-6-16-18(21)20(17(19-16)7-5-2)13-12-15-10-8-14(3)9-11-15/h14-17,19H,4-13H2,1-3H3. The van der Waals surface area contributed by atoms with Crippen molar-refractivity contribution >= 4 is 5.91 Å². The minimum absolute atomic E-state index is 0.0814. The van der Waals surface area contributed by atoms with Crippen molar-refractivity contribution in [1.82, 2.24) is 10.2 Å². The summed E-state index contributed by atoms with van der Waals surface area (Å²) in [6.45, 7) is 7.71. The predicted molar refractivity (Wildman–Crippen MR) is 88.0 cm³/mol. The summed E-state index contributed by atoms with van der Waals surface area (Å²) in [4.78, 5) is 14.7. The van der Waals surface area contributed by atoms with Crippen LogP contribution >= 0.6 is 0 Å². The summed E-state index contributed by atoms with van der Waals surface area (Å²) in [7, 11) is 0. The van der Waals surface area contributed by atoms with Gasteiger partial charge in [-0.15, -0.1) is 0 Å². The summed E-state index contributed by atoms with van der Waals surface area (Å²) >= 11 is 0. The molecule has 2 aliphatic rings. The van der Waals surface area contributed by atoms with E-state index in [1.54, 1.807) is 0 Å². The third-order valence-electron chi connectivity index (χ3n) is 5.40. The van der Waals surface area contributed by atoms with Gasteiger partial charge in [0.2, 0.25) is 5.91 Å². The molecule has 21 heavy (non-hydrogen) atoms. The number of hydrogen-bond donors (Lipinski definition) is 1. The van der Waals surface area contributed by atoms with E-state index in [0.717, 1.165) is 44.1 Å². The molecule has 2 fully saturated rings. The second-order valence-corrected chi connectivity index (χ2v) is 7.26. The fourth-order valence-corrected chi connectivity index (χ4v) is 3.96. The molecule has 2 unspecified atom stereocenters. The second kappa shape index (κ2) is 8.17. The summed E-state index contributed by atoms with van der Waals surface area (Å²) in [5.41, 5.74) is 0. The maximum absolute atomic E-state index is 12.6. The summed E-state index contributed by atoms with van der Waals surface area (Å²) in [5, 5.41) is 3.56. The van der Waals surface area contributed by atoms with Crippen molar-refractivity contribution in [3.63, 3.8) is 0 Å². The number of amides is 1. The van der Waals surface area contributed by atoms with Crippen LogP contribution in [0.25, 0.3) is 0 Å². The first-order chi connectivity index (χ1) is 10.2. The van der Waals surface area contributed by atoms with E-state index in [0.29, 0.717) is 12.1 Å². The summed E-state index contributed by atoms with van der Waals surface area (Å²) in [6, 6.07) is 0.0814. The van der Waals surface area contributed by atoms with Crippen LogP contribution in [0.3, 0.4) is 0 Å². The van der Waals surface area contributed by atoms with Crippen molar-refractivity contribution in [3.8, 4) is 0 Å². The normalized spacial score (nSPS) is 33.7. The van der Waals surface area contributed by atoms with Crippen molar-refractivity contribution in [2.45, 2.75) is 90.8 Å². The molecule has 0 radical (unpaired) electrons. The lowest BCUT2D eigenvalue weighted by atomic mass is 9.81. The lowest BCUT2D eigenvalue weighted by molar-refractivity contribution is -0.130. The summed E-state index contributed by atoms with van der Waals surface area (Å²) in [5.74, 6) is 2.12. The fourth-order valence-electron chi connectivity index (χ4n) is 3.96. The molecule has 0 aromatic heterocycles. The lowest BCUT2D eigenvalue weighted by Crippen LogP contribution is -2.38. The van der Waals surface area contributed by atoms with E-state index in [-0.39, 0.29) is 6.04 Å². The number of nitrogens with one attached hydrogen (secondary N) is 1. The van der Waals surface area contributed by atoms with Crippen molar-refractivity contribution in [2.75, 3.05) is 6.54 Å². The zero-order valence-corrected chi connectivity index (χ0v) is 14.2. The Morgan fingerprint density at radius 2 is 1.71 bits per heavy atom. The van der Waals surface area contributed by atoms with Gasteiger partial charge in [0.05, 0.1) is 12.2 Å². The first-order valence-electron chi connectivity index (χ1n) is 9.22. The zero-order chi connectivity index (χ0) is 15.2. The molecule has 1 saturated carbocycles. The molecule has 1 amide bonds. The maximum atomic E-state index is 12.6. The topological polar surface area (TPSA) is 32.3 Å². The van der Waals surface area contributed by atoms with Gasteiger partial charge >= 0.3 is 0 Å². The molecule has 2 atom stereocenters. The highest BCUT2D eigenvalue weighted by molar-refractivity contribution is 5.84. The Bertz CT molecular complexity index is 323. The van der Waals surface area contributed by atoms with E-state index in [1.807, 2.05) is 0 Å². The number of rotatable bonds is 7. The number of carbonyl (C=O) groups is 1. The van der Waals surface area contributed by atoms with Gasteiger partial charge in [-0.1, -0.05) is 59.3 Å². The molecule has 1 N–H and O–H groups in total. The van der Waals surface area contributed by atoms with Gasteiger partial charge in [-0.25, -0.2) is 0 Å². The van der Waals surface area contributed by atoms with Crippen molar-refractivity contribution in [2.24, 2.45) is 11.8 Å². The molecule has 1 aliphatic heterocycles. The smallest absolute Gasteiger partial charge is 0.241 e. The monoisotopic (exact) mass is 294 g/mol. The van der Waals surface area contributed by atoms with Gasteiger partial charge in [0.1, 0.15) is 0 Å². The quantitative estimate of drug-likeness (QED) is 0.771. The van der Waals surface area contributed by atoms with Crippen molar-refractivity contribution < 1.29 is 4.79 Å². The van der Waals surface area contributed by atoms with E-state index in [2.05, 4.69) is 31.0 Å². The van der Waals surface area contributed by atoms with Gasteiger partial charge in [0.25, 0.3) is 0 Å². The Hall–Kier alpha value is -0.570. The van der Waals surface area contributed by atoms with Crippen molar-refractivity contribution in [1.29, 1.82) is 0 Å². The molecule has 1 heterocycles. The Balaban J connectivity index is 1.85. The van der Waals surface area contributed by atoms with Gasteiger partial charge in [-0.05, 0) is 31.1 Å². The van der Waals surface area contributed by atoms with Crippen LogP contribution in [0, 0.1) is 11.8 Å². The molecule has 0 bridgehead atoms. The molecule has 0 spiro atoms. The summed E-state index contributed by atoms with van der Waals surface area (Å²) < 4.78 is 0. The lowest BCUT2D eigenvalue weighted by Gasteiger charge is -2.29. The molecule has 3 nitrogen and oxygen atoms in total. The fraction of sp³-hybridized carbons (Fsp3) is 0.944. The highest BCUT2D eigenvalue weighted by Crippen LogP contribution is 2.31. The van der Waals surface area contributed by atoms with Gasteiger partial charge in [0, 0.05) is 6.54 Å². The third-order valence-corrected chi connectivity index (χ3v) is 5.40. The van der Waals surface area contributed by atoms with Crippen LogP contribution in [-0.2, 0) is 4.79 Å². The molecular weight excluding hydrogens is 260 g/mol. The predicted octanol–water partition coefficient (Wildman–Crippen LogP) is 3.93. The van der Waals surface area contributed by atoms with Crippen LogP contribution in [0.5, 0.6) is 0 Å². The van der Waals surface area contributed by atoms with E-state index < -0.39 is 0 Å². The van der Waals surface area contributed by atoms with Crippen LogP contribution in [0.4, 0.5) is 0 Å². The Kier molecular flexibility index (Phi) is 6.53. The van der Waals surface area contributed by atoms with Crippen LogP contribution < -0.4 is 5.32 Å². The van der Waals surface area contributed by atoms with Gasteiger partial charge in [0.15, 0.2) is 0 Å². The molecule has 2 rings (SSSR count). The number of hydrogen-bond acceptors (Lipinski definition) is 2. The molecular formula is C18H34N2O. The SMILES string of the molecule is CCCC1NC(CCC)N(CCC2CCC(C)CC2)C1=O. The average Bonchev–Trinajstić information content (AvgIpc) is 2.76. The van der Waals surface area contributed by atoms with E-state index >= 15 is 0 Å². The first-order valence-corrected chi connectivity index (χ1v) is 9.22. The third kappa shape index (κ3) is 4.45. The maximum Gasteiger partial charge on any atom is 0.241 e. The summed E-state index contributed by atoms with van der Waals surface area (Å²) in [6.07, 6.45) is 11.3. The first kappa shape index (κ1) is 16.8. The van der Waals surface area contributed by atoms with Gasteiger partial charge in [-0.3, -0.25) is 10.1 Å². The molecule has 0 aromatic carbocycles. The highest BCUT2D eigenvalue weighted by atomic mass is 16.2. The van der Waals surface area contributed by atoms with E-state index in [4.69, 9.17) is 0 Å². The largest absolute Gasteiger partial charge is 0.326 e. The molecule has 3 heteroatoms. The van der Waals surface area contributed by atoms with Crippen LogP contribution in [0.1, 0.15) is 78.6 Å². The van der Waals surface area contributed by atoms with Crippen molar-refractivity contribution in [3.05, 3.63) is 0 Å². The molecule has 1 aliphatic carbocycles. The number of nitrogens with zero attached hydrogens (tertiary/aromatic N) is 1. The Morgan fingerprint density at radius 1 is 1.05 bits per heavy atom. The Morgan fingerprint density at radius 3 is 2.33 bits per heavy atom. The van der Waals surface area contributed by atoms with Crippen LogP contribution in [-0.4, -0.2) is 29.6 Å². The number of carbonyl (C=O) groups excluding carboxylic acids is 1. The minimum Gasteiger partial charge on any atom is -0.326 e.